The van der Waals surface area contributed by atoms with E-state index in [0.29, 0.717) is 37.8 Å². The van der Waals surface area contributed by atoms with Crippen molar-refractivity contribution in [1.82, 2.24) is 19.5 Å². The van der Waals surface area contributed by atoms with Gasteiger partial charge in [-0.15, -0.1) is 5.10 Å². The zero-order valence-corrected chi connectivity index (χ0v) is 17.7. The summed E-state index contributed by atoms with van der Waals surface area (Å²) in [6.45, 7) is 2.42. The van der Waals surface area contributed by atoms with E-state index in [0.717, 1.165) is 28.2 Å². The van der Waals surface area contributed by atoms with Gasteiger partial charge in [0.1, 0.15) is 5.75 Å². The van der Waals surface area contributed by atoms with Crippen LogP contribution in [0.5, 0.6) is 5.75 Å². The molecule has 2 aromatic heterocycles. The third-order valence-corrected chi connectivity index (χ3v) is 5.47. The minimum Gasteiger partial charge on any atom is -0.496 e. The minimum atomic E-state index is 0.0197. The molecule has 32 heavy (non-hydrogen) atoms. The number of fused-ring (bicyclic) bond motifs is 1. The summed E-state index contributed by atoms with van der Waals surface area (Å²) in [5.74, 6) is 1.25. The van der Waals surface area contributed by atoms with Crippen LogP contribution in [0, 0.1) is 0 Å². The maximum atomic E-state index is 12.6. The van der Waals surface area contributed by atoms with Crippen molar-refractivity contribution in [3.8, 4) is 17.0 Å². The van der Waals surface area contributed by atoms with E-state index >= 15 is 0 Å². The van der Waals surface area contributed by atoms with Gasteiger partial charge in [0, 0.05) is 29.9 Å². The number of nitrogens with zero attached hydrogens (tertiary/aromatic N) is 4. The van der Waals surface area contributed by atoms with Crippen molar-refractivity contribution < 1.29 is 14.3 Å². The fourth-order valence-electron chi connectivity index (χ4n) is 3.79. The molecule has 0 saturated carbocycles. The molecule has 1 fully saturated rings. The molecule has 0 unspecified atom stereocenters. The number of methoxy groups -OCH3 is 1. The standard InChI is InChI=1S/C24H23N5O3/c1-31-22-5-3-2-4-20(22)21-11-10-19-16-25-24(27-29(19)21)26-18-8-6-17(7-9-18)23(30)28-12-14-32-15-13-28/h2-11,16H,12-15H2,1H3,(H,26,27). The van der Waals surface area contributed by atoms with E-state index in [2.05, 4.69) is 15.4 Å². The summed E-state index contributed by atoms with van der Waals surface area (Å²) < 4.78 is 12.7. The Morgan fingerprint density at radius 3 is 2.59 bits per heavy atom. The third-order valence-electron chi connectivity index (χ3n) is 5.47. The Balaban J connectivity index is 1.38. The summed E-state index contributed by atoms with van der Waals surface area (Å²) in [6.07, 6.45) is 1.77. The van der Waals surface area contributed by atoms with Crippen molar-refractivity contribution in [3.63, 3.8) is 0 Å². The molecular weight excluding hydrogens is 406 g/mol. The predicted molar refractivity (Wildman–Crippen MR) is 121 cm³/mol. The molecule has 8 heteroatoms. The number of benzene rings is 2. The van der Waals surface area contributed by atoms with Gasteiger partial charge in [0.05, 0.1) is 37.7 Å². The molecule has 1 saturated heterocycles. The highest BCUT2D eigenvalue weighted by atomic mass is 16.5. The summed E-state index contributed by atoms with van der Waals surface area (Å²) in [4.78, 5) is 18.9. The summed E-state index contributed by atoms with van der Waals surface area (Å²) in [7, 11) is 1.66. The molecule has 8 nitrogen and oxygen atoms in total. The van der Waals surface area contributed by atoms with Crippen LogP contribution in [0.15, 0.2) is 66.9 Å². The number of amides is 1. The third kappa shape index (κ3) is 3.88. The first kappa shape index (κ1) is 20.0. The molecule has 1 N–H and O–H groups in total. The van der Waals surface area contributed by atoms with Gasteiger partial charge in [-0.2, -0.15) is 0 Å². The summed E-state index contributed by atoms with van der Waals surface area (Å²) >= 11 is 0. The van der Waals surface area contributed by atoms with Crippen LogP contribution in [-0.2, 0) is 4.74 Å². The van der Waals surface area contributed by atoms with E-state index in [1.54, 1.807) is 13.3 Å². The van der Waals surface area contributed by atoms with Gasteiger partial charge in [0.15, 0.2) is 0 Å². The SMILES string of the molecule is COc1ccccc1-c1ccc2cnc(Nc3ccc(C(=O)N4CCOCC4)cc3)nn12. The van der Waals surface area contributed by atoms with Crippen LogP contribution < -0.4 is 10.1 Å². The van der Waals surface area contributed by atoms with E-state index in [1.165, 1.54) is 0 Å². The molecule has 1 aliphatic rings. The van der Waals surface area contributed by atoms with Gasteiger partial charge in [-0.3, -0.25) is 4.79 Å². The second-order valence-corrected chi connectivity index (χ2v) is 7.44. The van der Waals surface area contributed by atoms with Crippen LogP contribution in [0.2, 0.25) is 0 Å². The van der Waals surface area contributed by atoms with Crippen LogP contribution >= 0.6 is 0 Å². The highest BCUT2D eigenvalue weighted by molar-refractivity contribution is 5.94. The summed E-state index contributed by atoms with van der Waals surface area (Å²) in [5, 5.41) is 7.88. The number of rotatable bonds is 5. The molecule has 0 atom stereocenters. The fourth-order valence-corrected chi connectivity index (χ4v) is 3.79. The monoisotopic (exact) mass is 429 g/mol. The van der Waals surface area contributed by atoms with Gasteiger partial charge < -0.3 is 19.7 Å². The Morgan fingerprint density at radius 2 is 1.81 bits per heavy atom. The first-order chi connectivity index (χ1) is 15.7. The molecular formula is C24H23N5O3. The highest BCUT2D eigenvalue weighted by Crippen LogP contribution is 2.30. The van der Waals surface area contributed by atoms with E-state index < -0.39 is 0 Å². The average molecular weight is 429 g/mol. The van der Waals surface area contributed by atoms with Crippen LogP contribution in [0.1, 0.15) is 10.4 Å². The zero-order valence-electron chi connectivity index (χ0n) is 17.7. The quantitative estimate of drug-likeness (QED) is 0.522. The molecule has 162 valence electrons. The maximum absolute atomic E-state index is 12.6. The van der Waals surface area contributed by atoms with Crippen LogP contribution in [0.4, 0.5) is 11.6 Å². The lowest BCUT2D eigenvalue weighted by Gasteiger charge is -2.26. The Morgan fingerprint density at radius 1 is 1.03 bits per heavy atom. The number of para-hydroxylation sites is 1. The second-order valence-electron chi connectivity index (χ2n) is 7.44. The Bertz CT molecular complexity index is 1250. The van der Waals surface area contributed by atoms with E-state index in [1.807, 2.05) is 70.1 Å². The minimum absolute atomic E-state index is 0.0197. The molecule has 1 amide bonds. The Labute approximate surface area is 185 Å². The topological polar surface area (TPSA) is 81.0 Å². The lowest BCUT2D eigenvalue weighted by molar-refractivity contribution is 0.0303. The molecule has 5 rings (SSSR count). The normalized spacial score (nSPS) is 13.8. The maximum Gasteiger partial charge on any atom is 0.254 e. The van der Waals surface area contributed by atoms with E-state index in [9.17, 15) is 4.79 Å². The van der Waals surface area contributed by atoms with Crippen molar-refractivity contribution in [3.05, 3.63) is 72.4 Å². The fraction of sp³-hybridized carbons (Fsp3) is 0.208. The van der Waals surface area contributed by atoms with Gasteiger partial charge in [0.25, 0.3) is 5.91 Å². The molecule has 0 spiro atoms. The number of ether oxygens (including phenoxy) is 2. The number of carbonyl (C=O) groups is 1. The van der Waals surface area contributed by atoms with E-state index in [-0.39, 0.29) is 5.91 Å². The van der Waals surface area contributed by atoms with Crippen LogP contribution in [0.3, 0.4) is 0 Å². The average Bonchev–Trinajstić information content (AvgIpc) is 3.27. The molecule has 1 aliphatic heterocycles. The van der Waals surface area contributed by atoms with Crippen molar-refractivity contribution in [2.24, 2.45) is 0 Å². The Kier molecular flexibility index (Phi) is 5.43. The number of carbonyl (C=O) groups excluding carboxylic acids is 1. The van der Waals surface area contributed by atoms with Gasteiger partial charge in [-0.05, 0) is 48.5 Å². The van der Waals surface area contributed by atoms with Crippen molar-refractivity contribution in [1.29, 1.82) is 0 Å². The van der Waals surface area contributed by atoms with Crippen LogP contribution in [0.25, 0.3) is 16.8 Å². The molecule has 0 radical (unpaired) electrons. The molecule has 0 aliphatic carbocycles. The lowest BCUT2D eigenvalue weighted by Crippen LogP contribution is -2.40. The number of anilines is 2. The second kappa shape index (κ2) is 8.68. The van der Waals surface area contributed by atoms with Gasteiger partial charge in [-0.1, -0.05) is 12.1 Å². The number of hydrogen-bond donors (Lipinski definition) is 1. The number of nitrogens with one attached hydrogen (secondary N) is 1. The number of aromatic nitrogens is 3. The number of hydrogen-bond acceptors (Lipinski definition) is 6. The molecule has 0 bridgehead atoms. The van der Waals surface area contributed by atoms with Gasteiger partial charge in [0.2, 0.25) is 5.95 Å². The smallest absolute Gasteiger partial charge is 0.254 e. The van der Waals surface area contributed by atoms with Crippen molar-refractivity contribution >= 4 is 23.1 Å². The van der Waals surface area contributed by atoms with Crippen LogP contribution in [-0.4, -0.2) is 58.8 Å². The van der Waals surface area contributed by atoms with E-state index in [4.69, 9.17) is 9.47 Å². The molecule has 3 heterocycles. The summed E-state index contributed by atoms with van der Waals surface area (Å²) in [6, 6.07) is 19.1. The summed E-state index contributed by atoms with van der Waals surface area (Å²) in [5.41, 5.74) is 4.19. The highest BCUT2D eigenvalue weighted by Gasteiger charge is 2.18. The first-order valence-electron chi connectivity index (χ1n) is 10.5. The molecule has 4 aromatic rings. The molecule has 2 aromatic carbocycles. The first-order valence-corrected chi connectivity index (χ1v) is 10.5. The van der Waals surface area contributed by atoms with Gasteiger partial charge >= 0.3 is 0 Å². The van der Waals surface area contributed by atoms with Gasteiger partial charge in [-0.25, -0.2) is 9.50 Å². The zero-order chi connectivity index (χ0) is 21.9. The lowest BCUT2D eigenvalue weighted by atomic mass is 10.1. The number of morpholine rings is 1. The largest absolute Gasteiger partial charge is 0.496 e. The predicted octanol–water partition coefficient (Wildman–Crippen LogP) is 3.62. The van der Waals surface area contributed by atoms with Crippen molar-refractivity contribution in [2.75, 3.05) is 38.7 Å². The Hall–Kier alpha value is -3.91. The van der Waals surface area contributed by atoms with Crippen molar-refractivity contribution in [2.45, 2.75) is 0 Å².